The highest BCUT2D eigenvalue weighted by Crippen LogP contribution is 2.29. The van der Waals surface area contributed by atoms with Gasteiger partial charge in [0.1, 0.15) is 11.5 Å². The van der Waals surface area contributed by atoms with Gasteiger partial charge >= 0.3 is 0 Å². The van der Waals surface area contributed by atoms with E-state index in [2.05, 4.69) is 5.32 Å². The normalized spacial score (nSPS) is 21.2. The molecule has 1 aromatic carbocycles. The summed E-state index contributed by atoms with van der Waals surface area (Å²) in [4.78, 5) is 12.1. The molecule has 1 aliphatic carbocycles. The molecule has 1 fully saturated rings. The van der Waals surface area contributed by atoms with Crippen LogP contribution in [-0.2, 0) is 4.79 Å². The maximum atomic E-state index is 12.1. The molecule has 0 spiro atoms. The number of halogens is 1. The van der Waals surface area contributed by atoms with Gasteiger partial charge < -0.3 is 25.6 Å². The minimum atomic E-state index is -0.857. The molecule has 0 saturated heterocycles. The number of hydrogen-bond donors (Lipinski definition) is 3. The summed E-state index contributed by atoms with van der Waals surface area (Å²) in [6.07, 6.45) is 1.55. The van der Waals surface area contributed by atoms with Crippen LogP contribution in [0.1, 0.15) is 30.9 Å². The Labute approximate surface area is 142 Å². The lowest BCUT2D eigenvalue weighted by Gasteiger charge is -2.18. The highest BCUT2D eigenvalue weighted by molar-refractivity contribution is 5.85. The van der Waals surface area contributed by atoms with Crippen LogP contribution in [0.4, 0.5) is 0 Å². The summed E-state index contributed by atoms with van der Waals surface area (Å²) in [6.45, 7) is 0.133. The Morgan fingerprint density at radius 2 is 2.13 bits per heavy atom. The van der Waals surface area contributed by atoms with E-state index in [1.54, 1.807) is 25.3 Å². The molecule has 0 heterocycles. The molecule has 1 aromatic rings. The maximum Gasteiger partial charge on any atom is 0.223 e. The fourth-order valence-corrected chi connectivity index (χ4v) is 2.81. The molecule has 23 heavy (non-hydrogen) atoms. The molecule has 0 bridgehead atoms. The Balaban J connectivity index is 0.00000264. The quantitative estimate of drug-likeness (QED) is 0.725. The van der Waals surface area contributed by atoms with E-state index in [1.165, 1.54) is 7.11 Å². The molecule has 3 atom stereocenters. The molecule has 4 N–H and O–H groups in total. The van der Waals surface area contributed by atoms with E-state index in [4.69, 9.17) is 15.2 Å². The van der Waals surface area contributed by atoms with E-state index in [-0.39, 0.29) is 36.8 Å². The number of aliphatic hydroxyl groups excluding tert-OH is 1. The summed E-state index contributed by atoms with van der Waals surface area (Å²) < 4.78 is 10.4. The highest BCUT2D eigenvalue weighted by atomic mass is 35.5. The SMILES string of the molecule is COc1ccc(OC)c(C(O)CNC(=O)C2CCC(N)C2)c1.Cl. The third kappa shape index (κ3) is 4.99. The first-order valence-electron chi connectivity index (χ1n) is 7.48. The lowest BCUT2D eigenvalue weighted by atomic mass is 10.1. The second-order valence-electron chi connectivity index (χ2n) is 5.64. The second-order valence-corrected chi connectivity index (χ2v) is 5.64. The molecule has 0 radical (unpaired) electrons. The molecule has 6 nitrogen and oxygen atoms in total. The number of nitrogens with two attached hydrogens (primary N) is 1. The van der Waals surface area contributed by atoms with E-state index >= 15 is 0 Å². The number of hydrogen-bond acceptors (Lipinski definition) is 5. The van der Waals surface area contributed by atoms with Crippen LogP contribution < -0.4 is 20.5 Å². The fraction of sp³-hybridized carbons (Fsp3) is 0.562. The lowest BCUT2D eigenvalue weighted by molar-refractivity contribution is -0.125. The summed E-state index contributed by atoms with van der Waals surface area (Å²) in [5.41, 5.74) is 6.41. The number of benzene rings is 1. The van der Waals surface area contributed by atoms with Gasteiger partial charge in [0.25, 0.3) is 0 Å². The van der Waals surface area contributed by atoms with Crippen molar-refractivity contribution in [3.8, 4) is 11.5 Å². The van der Waals surface area contributed by atoms with Crippen molar-refractivity contribution in [2.24, 2.45) is 11.7 Å². The van der Waals surface area contributed by atoms with Gasteiger partial charge in [-0.3, -0.25) is 4.79 Å². The van der Waals surface area contributed by atoms with Crippen molar-refractivity contribution in [3.05, 3.63) is 23.8 Å². The number of rotatable bonds is 6. The van der Waals surface area contributed by atoms with Crippen LogP contribution in [0.5, 0.6) is 11.5 Å². The van der Waals surface area contributed by atoms with Gasteiger partial charge in [-0.05, 0) is 37.5 Å². The van der Waals surface area contributed by atoms with E-state index < -0.39 is 6.10 Å². The molecule has 1 saturated carbocycles. The van der Waals surface area contributed by atoms with E-state index in [0.29, 0.717) is 23.5 Å². The molecule has 3 unspecified atom stereocenters. The largest absolute Gasteiger partial charge is 0.497 e. The summed E-state index contributed by atoms with van der Waals surface area (Å²) in [5.74, 6) is 1.09. The summed E-state index contributed by atoms with van der Waals surface area (Å²) >= 11 is 0. The third-order valence-corrected chi connectivity index (χ3v) is 4.11. The summed E-state index contributed by atoms with van der Waals surface area (Å²) in [6, 6.07) is 5.31. The average molecular weight is 345 g/mol. The maximum absolute atomic E-state index is 12.1. The molecular formula is C16H25ClN2O4. The van der Waals surface area contributed by atoms with E-state index in [1.807, 2.05) is 0 Å². The van der Waals surface area contributed by atoms with Crippen molar-refractivity contribution in [2.75, 3.05) is 20.8 Å². The monoisotopic (exact) mass is 344 g/mol. The molecule has 0 aliphatic heterocycles. The molecule has 1 amide bonds. The summed E-state index contributed by atoms with van der Waals surface area (Å²) in [7, 11) is 3.10. The Kier molecular flexibility index (Phi) is 7.61. The zero-order chi connectivity index (χ0) is 16.1. The minimum absolute atomic E-state index is 0. The first-order chi connectivity index (χ1) is 10.5. The Morgan fingerprint density at radius 1 is 1.39 bits per heavy atom. The van der Waals surface area contributed by atoms with E-state index in [9.17, 15) is 9.90 Å². The Bertz CT molecular complexity index is 527. The molecule has 130 valence electrons. The second kappa shape index (κ2) is 8.96. The van der Waals surface area contributed by atoms with Crippen LogP contribution in [0.3, 0.4) is 0 Å². The molecule has 2 rings (SSSR count). The minimum Gasteiger partial charge on any atom is -0.497 e. The average Bonchev–Trinajstić information content (AvgIpc) is 2.98. The van der Waals surface area contributed by atoms with Crippen LogP contribution >= 0.6 is 12.4 Å². The summed E-state index contributed by atoms with van der Waals surface area (Å²) in [5, 5.41) is 13.1. The number of amides is 1. The van der Waals surface area contributed by atoms with Crippen LogP contribution in [0, 0.1) is 5.92 Å². The number of methoxy groups -OCH3 is 2. The van der Waals surface area contributed by atoms with Gasteiger partial charge in [-0.25, -0.2) is 0 Å². The number of nitrogens with one attached hydrogen (secondary N) is 1. The van der Waals surface area contributed by atoms with Crippen molar-refractivity contribution < 1.29 is 19.4 Å². The van der Waals surface area contributed by atoms with Crippen molar-refractivity contribution in [1.29, 1.82) is 0 Å². The van der Waals surface area contributed by atoms with Crippen LogP contribution in [-0.4, -0.2) is 37.8 Å². The predicted molar refractivity (Wildman–Crippen MR) is 90.1 cm³/mol. The first-order valence-corrected chi connectivity index (χ1v) is 7.48. The van der Waals surface area contributed by atoms with Gasteiger partial charge in [0.05, 0.1) is 20.3 Å². The smallest absolute Gasteiger partial charge is 0.223 e. The van der Waals surface area contributed by atoms with Gasteiger partial charge in [0.15, 0.2) is 0 Å². The van der Waals surface area contributed by atoms with Crippen LogP contribution in [0.2, 0.25) is 0 Å². The molecule has 7 heteroatoms. The van der Waals surface area contributed by atoms with Crippen molar-refractivity contribution >= 4 is 18.3 Å². The topological polar surface area (TPSA) is 93.8 Å². The Morgan fingerprint density at radius 3 is 2.70 bits per heavy atom. The van der Waals surface area contributed by atoms with Gasteiger partial charge in [0.2, 0.25) is 5.91 Å². The van der Waals surface area contributed by atoms with Gasteiger partial charge in [-0.15, -0.1) is 12.4 Å². The predicted octanol–water partition coefficient (Wildman–Crippen LogP) is 1.40. The first kappa shape index (κ1) is 19.5. The van der Waals surface area contributed by atoms with E-state index in [0.717, 1.165) is 12.8 Å². The zero-order valence-electron chi connectivity index (χ0n) is 13.5. The van der Waals surface area contributed by atoms with Gasteiger partial charge in [0, 0.05) is 24.1 Å². The van der Waals surface area contributed by atoms with Gasteiger partial charge in [-0.1, -0.05) is 0 Å². The number of carbonyl (C=O) groups is 1. The number of ether oxygens (including phenoxy) is 2. The highest BCUT2D eigenvalue weighted by Gasteiger charge is 2.28. The lowest BCUT2D eigenvalue weighted by Crippen LogP contribution is -2.33. The van der Waals surface area contributed by atoms with Crippen LogP contribution in [0.25, 0.3) is 0 Å². The number of aliphatic hydroxyl groups is 1. The molecule has 1 aliphatic rings. The number of carbonyl (C=O) groups excluding carboxylic acids is 1. The zero-order valence-corrected chi connectivity index (χ0v) is 14.3. The van der Waals surface area contributed by atoms with Gasteiger partial charge in [-0.2, -0.15) is 0 Å². The van der Waals surface area contributed by atoms with Crippen molar-refractivity contribution in [2.45, 2.75) is 31.4 Å². The molecular weight excluding hydrogens is 320 g/mol. The fourth-order valence-electron chi connectivity index (χ4n) is 2.81. The molecule has 0 aromatic heterocycles. The van der Waals surface area contributed by atoms with Crippen molar-refractivity contribution in [3.63, 3.8) is 0 Å². The Hall–Kier alpha value is -1.50. The third-order valence-electron chi connectivity index (χ3n) is 4.11. The van der Waals surface area contributed by atoms with Crippen molar-refractivity contribution in [1.82, 2.24) is 5.32 Å². The van der Waals surface area contributed by atoms with Crippen LogP contribution in [0.15, 0.2) is 18.2 Å². The standard InChI is InChI=1S/C16H24N2O4.ClH/c1-21-12-5-6-15(22-2)13(8-12)14(19)9-18-16(20)10-3-4-11(17)7-10;/h5-6,8,10-11,14,19H,3-4,7,9,17H2,1-2H3,(H,18,20);1H.